The molecule has 1 aromatic rings. The van der Waals surface area contributed by atoms with Gasteiger partial charge in [-0.05, 0) is 30.9 Å². The molecule has 1 aromatic carbocycles. The van der Waals surface area contributed by atoms with Crippen LogP contribution in [0.5, 0.6) is 5.75 Å². The average molecular weight is 242 g/mol. The van der Waals surface area contributed by atoms with Gasteiger partial charge in [0.15, 0.2) is 0 Å². The smallest absolute Gasteiger partial charge is 0.124 e. The van der Waals surface area contributed by atoms with E-state index in [2.05, 4.69) is 5.32 Å². The van der Waals surface area contributed by atoms with Gasteiger partial charge >= 0.3 is 0 Å². The van der Waals surface area contributed by atoms with E-state index in [4.69, 9.17) is 21.4 Å². The fourth-order valence-electron chi connectivity index (χ4n) is 2.30. The Morgan fingerprint density at radius 1 is 1.56 bits per heavy atom. The van der Waals surface area contributed by atoms with Crippen LogP contribution in [0.1, 0.15) is 24.3 Å². The lowest BCUT2D eigenvalue weighted by atomic mass is 9.88. The third kappa shape index (κ3) is 1.97. The Balaban J connectivity index is 2.47. The third-order valence-electron chi connectivity index (χ3n) is 3.05. The third-order valence-corrected chi connectivity index (χ3v) is 3.37. The molecule has 0 saturated carbocycles. The van der Waals surface area contributed by atoms with Gasteiger partial charge in [-0.25, -0.2) is 0 Å². The Morgan fingerprint density at radius 2 is 2.38 bits per heavy atom. The number of aliphatic hydroxyl groups is 1. The molecule has 16 heavy (non-hydrogen) atoms. The van der Waals surface area contributed by atoms with E-state index >= 15 is 0 Å². The first kappa shape index (κ1) is 11.6. The molecule has 88 valence electrons. The highest BCUT2D eigenvalue weighted by Gasteiger charge is 2.25. The van der Waals surface area contributed by atoms with Crippen molar-refractivity contribution in [2.45, 2.75) is 18.8 Å². The first-order valence-corrected chi connectivity index (χ1v) is 5.86. The number of fused-ring (bicyclic) bond motifs is 1. The maximum Gasteiger partial charge on any atom is 0.124 e. The molecule has 0 fully saturated rings. The molecule has 0 spiro atoms. The standard InChI is InChI=1S/C12H16ClNO2/c1-16-10-3-2-9(13)12-11(10)8(5-7-15)4-6-14-12/h2-3,8,14-15H,4-7H2,1H3. The topological polar surface area (TPSA) is 41.5 Å². The van der Waals surface area contributed by atoms with Crippen LogP contribution in [0.2, 0.25) is 5.02 Å². The van der Waals surface area contributed by atoms with Gasteiger partial charge in [-0.1, -0.05) is 11.6 Å². The quantitative estimate of drug-likeness (QED) is 0.855. The van der Waals surface area contributed by atoms with Gasteiger partial charge in [-0.2, -0.15) is 0 Å². The van der Waals surface area contributed by atoms with E-state index in [1.807, 2.05) is 12.1 Å². The Kier molecular flexibility index (Phi) is 3.56. The van der Waals surface area contributed by atoms with Crippen LogP contribution in [0.25, 0.3) is 0 Å². The molecule has 1 heterocycles. The minimum Gasteiger partial charge on any atom is -0.496 e. The van der Waals surface area contributed by atoms with E-state index in [9.17, 15) is 0 Å². The number of aliphatic hydroxyl groups excluding tert-OH is 1. The van der Waals surface area contributed by atoms with Crippen molar-refractivity contribution >= 4 is 17.3 Å². The molecule has 0 radical (unpaired) electrons. The molecule has 0 saturated heterocycles. The van der Waals surface area contributed by atoms with E-state index in [0.29, 0.717) is 5.92 Å². The lowest BCUT2D eigenvalue weighted by molar-refractivity contribution is 0.271. The zero-order valence-electron chi connectivity index (χ0n) is 9.29. The van der Waals surface area contributed by atoms with Gasteiger partial charge in [0.05, 0.1) is 17.8 Å². The summed E-state index contributed by atoms with van der Waals surface area (Å²) >= 11 is 6.16. The molecule has 4 heteroatoms. The van der Waals surface area contributed by atoms with Crippen LogP contribution in [0.3, 0.4) is 0 Å². The Morgan fingerprint density at radius 3 is 3.06 bits per heavy atom. The highest BCUT2D eigenvalue weighted by Crippen LogP contribution is 2.43. The van der Waals surface area contributed by atoms with Crippen LogP contribution in [0.4, 0.5) is 5.69 Å². The van der Waals surface area contributed by atoms with Gasteiger partial charge < -0.3 is 15.2 Å². The highest BCUT2D eigenvalue weighted by molar-refractivity contribution is 6.33. The lowest BCUT2D eigenvalue weighted by Crippen LogP contribution is -2.19. The maximum absolute atomic E-state index is 9.08. The van der Waals surface area contributed by atoms with Gasteiger partial charge in [0.2, 0.25) is 0 Å². The van der Waals surface area contributed by atoms with Crippen molar-refractivity contribution in [3.63, 3.8) is 0 Å². The second kappa shape index (κ2) is 4.93. The van der Waals surface area contributed by atoms with Crippen LogP contribution in [-0.2, 0) is 0 Å². The minimum atomic E-state index is 0.194. The van der Waals surface area contributed by atoms with Gasteiger partial charge in [-0.3, -0.25) is 0 Å². The normalized spacial score (nSPS) is 18.8. The maximum atomic E-state index is 9.08. The van der Waals surface area contributed by atoms with Gasteiger partial charge in [0, 0.05) is 18.7 Å². The van der Waals surface area contributed by atoms with Crippen molar-refractivity contribution in [2.75, 3.05) is 25.6 Å². The van der Waals surface area contributed by atoms with Crippen LogP contribution in [0.15, 0.2) is 12.1 Å². The SMILES string of the molecule is COc1ccc(Cl)c2c1C(CCO)CCN2. The zero-order chi connectivity index (χ0) is 11.5. The number of hydrogen-bond acceptors (Lipinski definition) is 3. The summed E-state index contributed by atoms with van der Waals surface area (Å²) in [6.07, 6.45) is 1.76. The number of anilines is 1. The molecule has 3 nitrogen and oxygen atoms in total. The van der Waals surface area contributed by atoms with Crippen molar-refractivity contribution < 1.29 is 9.84 Å². The average Bonchev–Trinajstić information content (AvgIpc) is 2.31. The van der Waals surface area contributed by atoms with Crippen molar-refractivity contribution in [1.82, 2.24) is 0 Å². The minimum absolute atomic E-state index is 0.194. The first-order chi connectivity index (χ1) is 7.77. The molecule has 2 N–H and O–H groups in total. The molecule has 0 aliphatic carbocycles. The molecule has 1 unspecified atom stereocenters. The van der Waals surface area contributed by atoms with Crippen molar-refractivity contribution in [3.05, 3.63) is 22.7 Å². The predicted molar refractivity (Wildman–Crippen MR) is 65.6 cm³/mol. The molecule has 1 atom stereocenters. The molecular weight excluding hydrogens is 226 g/mol. The van der Waals surface area contributed by atoms with Crippen LogP contribution in [0, 0.1) is 0 Å². The predicted octanol–water partition coefficient (Wildman–Crippen LogP) is 2.63. The summed E-state index contributed by atoms with van der Waals surface area (Å²) in [5, 5.41) is 13.1. The number of nitrogens with one attached hydrogen (secondary N) is 1. The van der Waals surface area contributed by atoms with Crippen molar-refractivity contribution in [3.8, 4) is 5.75 Å². The molecule has 0 bridgehead atoms. The second-order valence-electron chi connectivity index (χ2n) is 3.96. The Bertz CT molecular complexity index is 382. The summed E-state index contributed by atoms with van der Waals surface area (Å²) in [6.45, 7) is 1.09. The van der Waals surface area contributed by atoms with E-state index in [0.717, 1.165) is 41.4 Å². The number of methoxy groups -OCH3 is 1. The van der Waals surface area contributed by atoms with E-state index in [1.54, 1.807) is 7.11 Å². The summed E-state index contributed by atoms with van der Waals surface area (Å²) in [5.74, 6) is 1.18. The van der Waals surface area contributed by atoms with Gasteiger partial charge in [-0.15, -0.1) is 0 Å². The molecular formula is C12H16ClNO2. The number of rotatable bonds is 3. The number of hydrogen-bond donors (Lipinski definition) is 2. The van der Waals surface area contributed by atoms with Crippen LogP contribution in [-0.4, -0.2) is 25.4 Å². The van der Waals surface area contributed by atoms with Crippen molar-refractivity contribution in [2.24, 2.45) is 0 Å². The fourth-order valence-corrected chi connectivity index (χ4v) is 2.53. The Labute approximate surface area is 100 Å². The van der Waals surface area contributed by atoms with E-state index in [1.165, 1.54) is 0 Å². The molecule has 1 aliphatic heterocycles. The van der Waals surface area contributed by atoms with E-state index in [-0.39, 0.29) is 6.61 Å². The monoisotopic (exact) mass is 241 g/mol. The lowest BCUT2D eigenvalue weighted by Gasteiger charge is -2.28. The molecule has 1 aliphatic rings. The number of benzene rings is 1. The summed E-state index contributed by atoms with van der Waals surface area (Å²) in [6, 6.07) is 3.73. The molecule has 0 aromatic heterocycles. The molecule has 2 rings (SSSR count). The number of halogens is 1. The zero-order valence-corrected chi connectivity index (χ0v) is 10.0. The van der Waals surface area contributed by atoms with Gasteiger partial charge in [0.1, 0.15) is 5.75 Å². The Hall–Kier alpha value is -0.930. The fraction of sp³-hybridized carbons (Fsp3) is 0.500. The summed E-state index contributed by atoms with van der Waals surface area (Å²) in [5.41, 5.74) is 2.07. The van der Waals surface area contributed by atoms with Crippen LogP contribution < -0.4 is 10.1 Å². The summed E-state index contributed by atoms with van der Waals surface area (Å²) in [4.78, 5) is 0. The van der Waals surface area contributed by atoms with Crippen LogP contribution >= 0.6 is 11.6 Å². The van der Waals surface area contributed by atoms with Gasteiger partial charge in [0.25, 0.3) is 0 Å². The largest absolute Gasteiger partial charge is 0.496 e. The summed E-state index contributed by atoms with van der Waals surface area (Å²) in [7, 11) is 1.66. The second-order valence-corrected chi connectivity index (χ2v) is 4.37. The van der Waals surface area contributed by atoms with Crippen molar-refractivity contribution in [1.29, 1.82) is 0 Å². The molecule has 0 amide bonds. The first-order valence-electron chi connectivity index (χ1n) is 5.49. The highest BCUT2D eigenvalue weighted by atomic mass is 35.5. The summed E-state index contributed by atoms with van der Waals surface area (Å²) < 4.78 is 5.36. The number of ether oxygens (including phenoxy) is 1. The van der Waals surface area contributed by atoms with E-state index < -0.39 is 0 Å².